The van der Waals surface area contributed by atoms with E-state index < -0.39 is 0 Å². The highest BCUT2D eigenvalue weighted by atomic mass is 16.5. The van der Waals surface area contributed by atoms with Crippen molar-refractivity contribution in [2.75, 3.05) is 26.2 Å². The molecule has 0 spiro atoms. The highest BCUT2D eigenvalue weighted by Gasteiger charge is 2.31. The van der Waals surface area contributed by atoms with Crippen LogP contribution in [0, 0.1) is 5.92 Å². The SMILES string of the molecule is CCN(CC)C(=O)C1CCN(C(=O)c2cc(C(C)c3ccccc3)no2)CC1. The van der Waals surface area contributed by atoms with E-state index in [0.29, 0.717) is 25.9 Å². The number of nitrogens with zero attached hydrogens (tertiary/aromatic N) is 3. The maximum Gasteiger partial charge on any atom is 0.292 e. The summed E-state index contributed by atoms with van der Waals surface area (Å²) in [5, 5.41) is 4.11. The van der Waals surface area contributed by atoms with Crippen molar-refractivity contribution in [2.24, 2.45) is 5.92 Å². The van der Waals surface area contributed by atoms with Crippen LogP contribution >= 0.6 is 0 Å². The maximum atomic E-state index is 12.8. The Bertz CT molecular complexity index is 790. The van der Waals surface area contributed by atoms with Gasteiger partial charge in [0.1, 0.15) is 0 Å². The van der Waals surface area contributed by atoms with Crippen LogP contribution in [-0.4, -0.2) is 52.9 Å². The lowest BCUT2D eigenvalue weighted by molar-refractivity contribution is -0.136. The molecule has 1 aromatic heterocycles. The molecule has 28 heavy (non-hydrogen) atoms. The monoisotopic (exact) mass is 383 g/mol. The van der Waals surface area contributed by atoms with E-state index in [1.165, 1.54) is 0 Å². The van der Waals surface area contributed by atoms with E-state index in [1.807, 2.05) is 56.0 Å². The van der Waals surface area contributed by atoms with Crippen molar-refractivity contribution in [2.45, 2.75) is 39.5 Å². The van der Waals surface area contributed by atoms with E-state index in [9.17, 15) is 9.59 Å². The summed E-state index contributed by atoms with van der Waals surface area (Å²) in [6.45, 7) is 8.65. The van der Waals surface area contributed by atoms with Crippen LogP contribution in [0.1, 0.15) is 61.3 Å². The number of hydrogen-bond donors (Lipinski definition) is 0. The minimum absolute atomic E-state index is 0.00680. The van der Waals surface area contributed by atoms with Crippen molar-refractivity contribution in [3.8, 4) is 0 Å². The van der Waals surface area contributed by atoms with Crippen molar-refractivity contribution in [3.63, 3.8) is 0 Å². The third kappa shape index (κ3) is 4.26. The van der Waals surface area contributed by atoms with E-state index >= 15 is 0 Å². The summed E-state index contributed by atoms with van der Waals surface area (Å²) in [6, 6.07) is 11.8. The van der Waals surface area contributed by atoms with Crippen molar-refractivity contribution in [1.82, 2.24) is 15.0 Å². The molecule has 6 nitrogen and oxygen atoms in total. The molecule has 6 heteroatoms. The molecule has 2 aromatic rings. The van der Waals surface area contributed by atoms with Gasteiger partial charge in [0.15, 0.2) is 0 Å². The van der Waals surface area contributed by atoms with Crippen molar-refractivity contribution >= 4 is 11.8 Å². The number of rotatable bonds is 6. The molecule has 0 bridgehead atoms. The molecule has 2 heterocycles. The fourth-order valence-corrected chi connectivity index (χ4v) is 3.79. The third-order valence-electron chi connectivity index (χ3n) is 5.69. The molecular weight excluding hydrogens is 354 g/mol. The second kappa shape index (κ2) is 9.04. The largest absolute Gasteiger partial charge is 0.351 e. The van der Waals surface area contributed by atoms with Crippen LogP contribution in [0.25, 0.3) is 0 Å². The zero-order valence-corrected chi connectivity index (χ0v) is 16.9. The van der Waals surface area contributed by atoms with E-state index in [-0.39, 0.29) is 29.4 Å². The maximum absolute atomic E-state index is 12.8. The minimum atomic E-state index is -0.146. The molecule has 0 radical (unpaired) electrons. The third-order valence-corrected chi connectivity index (χ3v) is 5.69. The Morgan fingerprint density at radius 3 is 2.43 bits per heavy atom. The summed E-state index contributed by atoms with van der Waals surface area (Å²) in [5.74, 6) is 0.394. The summed E-state index contributed by atoms with van der Waals surface area (Å²) in [5.41, 5.74) is 1.88. The van der Waals surface area contributed by atoms with Crippen molar-refractivity contribution in [3.05, 3.63) is 53.4 Å². The number of aromatic nitrogens is 1. The number of piperidine rings is 1. The Labute approximate surface area is 166 Å². The Hall–Kier alpha value is -2.63. The zero-order chi connectivity index (χ0) is 20.1. The van der Waals surface area contributed by atoms with Crippen LogP contribution in [0.2, 0.25) is 0 Å². The summed E-state index contributed by atoms with van der Waals surface area (Å²) >= 11 is 0. The van der Waals surface area contributed by atoms with Crippen LogP contribution in [0.5, 0.6) is 0 Å². The van der Waals surface area contributed by atoms with E-state index in [1.54, 1.807) is 11.0 Å². The van der Waals surface area contributed by atoms with Crippen LogP contribution in [0.4, 0.5) is 0 Å². The number of amides is 2. The second-order valence-electron chi connectivity index (χ2n) is 7.33. The predicted octanol–water partition coefficient (Wildman–Crippen LogP) is 3.55. The first-order valence-electron chi connectivity index (χ1n) is 10.1. The van der Waals surface area contributed by atoms with Gasteiger partial charge in [-0.25, -0.2) is 0 Å². The molecule has 150 valence electrons. The summed E-state index contributed by atoms with van der Waals surface area (Å²) in [4.78, 5) is 28.9. The second-order valence-corrected chi connectivity index (χ2v) is 7.33. The van der Waals surface area contributed by atoms with Gasteiger partial charge >= 0.3 is 0 Å². The summed E-state index contributed by atoms with van der Waals surface area (Å²) < 4.78 is 5.35. The Kier molecular flexibility index (Phi) is 6.49. The van der Waals surface area contributed by atoms with Crippen molar-refractivity contribution in [1.29, 1.82) is 0 Å². The molecule has 1 unspecified atom stereocenters. The van der Waals surface area contributed by atoms with Crippen LogP contribution in [0.15, 0.2) is 40.9 Å². The smallest absolute Gasteiger partial charge is 0.292 e. The van der Waals surface area contributed by atoms with Crippen LogP contribution < -0.4 is 0 Å². The lowest BCUT2D eigenvalue weighted by Gasteiger charge is -2.33. The topological polar surface area (TPSA) is 66.7 Å². The number of hydrogen-bond acceptors (Lipinski definition) is 4. The predicted molar refractivity (Wildman–Crippen MR) is 107 cm³/mol. The number of likely N-dealkylation sites (tertiary alicyclic amines) is 1. The van der Waals surface area contributed by atoms with E-state index in [0.717, 1.165) is 24.3 Å². The fourth-order valence-electron chi connectivity index (χ4n) is 3.79. The molecule has 3 rings (SSSR count). The van der Waals surface area contributed by atoms with Gasteiger partial charge in [-0.3, -0.25) is 9.59 Å². The normalized spacial score (nSPS) is 16.0. The van der Waals surface area contributed by atoms with Crippen molar-refractivity contribution < 1.29 is 14.1 Å². The van der Waals surface area contributed by atoms with Crippen LogP contribution in [-0.2, 0) is 4.79 Å². The first-order chi connectivity index (χ1) is 13.5. The number of benzene rings is 1. The number of carbonyl (C=O) groups is 2. The fraction of sp³-hybridized carbons (Fsp3) is 0.500. The zero-order valence-electron chi connectivity index (χ0n) is 16.9. The highest BCUT2D eigenvalue weighted by molar-refractivity contribution is 5.91. The van der Waals surface area contributed by atoms with Gasteiger partial charge in [0.25, 0.3) is 5.91 Å². The lowest BCUT2D eigenvalue weighted by Crippen LogP contribution is -2.44. The van der Waals surface area contributed by atoms with Crippen LogP contribution in [0.3, 0.4) is 0 Å². The van der Waals surface area contributed by atoms with Gasteiger partial charge in [0, 0.05) is 44.1 Å². The highest BCUT2D eigenvalue weighted by Crippen LogP contribution is 2.25. The molecule has 1 fully saturated rings. The molecule has 0 N–H and O–H groups in total. The van der Waals surface area contributed by atoms with Gasteiger partial charge in [-0.1, -0.05) is 42.4 Å². The molecule has 0 aliphatic carbocycles. The Morgan fingerprint density at radius 1 is 1.18 bits per heavy atom. The average Bonchev–Trinajstić information content (AvgIpc) is 3.24. The van der Waals surface area contributed by atoms with E-state index in [4.69, 9.17) is 4.52 Å². The summed E-state index contributed by atoms with van der Waals surface area (Å²) in [6.07, 6.45) is 1.39. The Morgan fingerprint density at radius 2 is 1.82 bits per heavy atom. The molecule has 1 aliphatic heterocycles. The van der Waals surface area contributed by atoms with Gasteiger partial charge in [-0.05, 0) is 32.3 Å². The van der Waals surface area contributed by atoms with Gasteiger partial charge in [0.05, 0.1) is 5.69 Å². The molecule has 0 saturated carbocycles. The van der Waals surface area contributed by atoms with Gasteiger partial charge in [-0.2, -0.15) is 0 Å². The molecular formula is C22H29N3O3. The molecule has 1 aromatic carbocycles. The first kappa shape index (κ1) is 20.1. The van der Waals surface area contributed by atoms with Gasteiger partial charge in [-0.15, -0.1) is 0 Å². The van der Waals surface area contributed by atoms with E-state index in [2.05, 4.69) is 5.16 Å². The standard InChI is InChI=1S/C22H29N3O3/c1-4-24(5-2)21(26)18-11-13-25(14-12-18)22(27)20-15-19(23-28-20)16(3)17-9-7-6-8-10-17/h6-10,15-16,18H,4-5,11-14H2,1-3H3. The quantitative estimate of drug-likeness (QED) is 0.765. The molecule has 1 aliphatic rings. The average molecular weight is 383 g/mol. The van der Waals surface area contributed by atoms with Gasteiger partial charge < -0.3 is 14.3 Å². The molecule has 2 amide bonds. The number of carbonyl (C=O) groups excluding carboxylic acids is 2. The molecule has 1 saturated heterocycles. The van der Waals surface area contributed by atoms with Gasteiger partial charge in [0.2, 0.25) is 11.7 Å². The summed E-state index contributed by atoms with van der Waals surface area (Å²) in [7, 11) is 0. The molecule has 1 atom stereocenters. The minimum Gasteiger partial charge on any atom is -0.351 e. The lowest BCUT2D eigenvalue weighted by atomic mass is 9.95. The first-order valence-corrected chi connectivity index (χ1v) is 10.1. The Balaban J connectivity index is 1.60.